The molecule has 0 aliphatic carbocycles. The standard InChI is InChI=1S/C14H19NO/c1-3-9-15(10-11-16)13(2)12-14-7-5-4-6-8-14/h1,4-8,13,16H,9-12H2,2H3/t13-/m1/s1. The molecule has 0 saturated heterocycles. The summed E-state index contributed by atoms with van der Waals surface area (Å²) in [7, 11) is 0. The maximum atomic E-state index is 8.97. The van der Waals surface area contributed by atoms with E-state index in [1.54, 1.807) is 0 Å². The van der Waals surface area contributed by atoms with E-state index in [-0.39, 0.29) is 6.61 Å². The molecule has 0 aromatic heterocycles. The Hall–Kier alpha value is -1.30. The highest BCUT2D eigenvalue weighted by Crippen LogP contribution is 2.08. The van der Waals surface area contributed by atoms with Crippen LogP contribution in [-0.4, -0.2) is 35.7 Å². The summed E-state index contributed by atoms with van der Waals surface area (Å²) in [6, 6.07) is 10.7. The van der Waals surface area contributed by atoms with Gasteiger partial charge in [0, 0.05) is 12.6 Å². The van der Waals surface area contributed by atoms with Crippen molar-refractivity contribution in [1.29, 1.82) is 0 Å². The minimum absolute atomic E-state index is 0.154. The average molecular weight is 217 g/mol. The summed E-state index contributed by atoms with van der Waals surface area (Å²) in [4.78, 5) is 2.12. The smallest absolute Gasteiger partial charge is 0.0602 e. The van der Waals surface area contributed by atoms with Crippen molar-refractivity contribution in [2.24, 2.45) is 0 Å². The van der Waals surface area contributed by atoms with Gasteiger partial charge in [-0.05, 0) is 18.9 Å². The molecule has 0 fully saturated rings. The second-order valence-electron chi connectivity index (χ2n) is 3.94. The number of hydrogen-bond donors (Lipinski definition) is 1. The molecule has 0 spiro atoms. The molecule has 0 heterocycles. The van der Waals surface area contributed by atoms with Gasteiger partial charge < -0.3 is 5.11 Å². The predicted octanol–water partition coefficient (Wildman–Crippen LogP) is 1.55. The largest absolute Gasteiger partial charge is 0.395 e. The zero-order valence-corrected chi connectivity index (χ0v) is 9.76. The summed E-state index contributed by atoms with van der Waals surface area (Å²) in [6.45, 7) is 3.52. The first-order valence-electron chi connectivity index (χ1n) is 5.60. The van der Waals surface area contributed by atoms with Crippen molar-refractivity contribution < 1.29 is 5.11 Å². The Kier molecular flexibility index (Phi) is 5.63. The SMILES string of the molecule is C#CCN(CCO)[C@H](C)Cc1ccccc1. The van der Waals surface area contributed by atoms with Gasteiger partial charge in [0.15, 0.2) is 0 Å². The maximum absolute atomic E-state index is 8.97. The number of aliphatic hydroxyl groups excluding tert-OH is 1. The van der Waals surface area contributed by atoms with Gasteiger partial charge in [0.25, 0.3) is 0 Å². The molecule has 0 saturated carbocycles. The number of nitrogens with zero attached hydrogens (tertiary/aromatic N) is 1. The van der Waals surface area contributed by atoms with E-state index in [1.807, 2.05) is 18.2 Å². The highest BCUT2D eigenvalue weighted by atomic mass is 16.3. The highest BCUT2D eigenvalue weighted by Gasteiger charge is 2.12. The molecule has 0 amide bonds. The lowest BCUT2D eigenvalue weighted by Gasteiger charge is -2.26. The fourth-order valence-electron chi connectivity index (χ4n) is 1.79. The molecule has 0 aliphatic rings. The van der Waals surface area contributed by atoms with Gasteiger partial charge in [-0.1, -0.05) is 36.3 Å². The lowest BCUT2D eigenvalue weighted by atomic mass is 10.1. The monoisotopic (exact) mass is 217 g/mol. The molecule has 0 aliphatic heterocycles. The lowest BCUT2D eigenvalue weighted by Crippen LogP contribution is -2.37. The third kappa shape index (κ3) is 4.06. The second-order valence-corrected chi connectivity index (χ2v) is 3.94. The zero-order chi connectivity index (χ0) is 11.8. The molecule has 0 bridgehead atoms. The van der Waals surface area contributed by atoms with Crippen LogP contribution >= 0.6 is 0 Å². The van der Waals surface area contributed by atoms with Crippen molar-refractivity contribution in [3.63, 3.8) is 0 Å². The molecule has 16 heavy (non-hydrogen) atoms. The van der Waals surface area contributed by atoms with Gasteiger partial charge in [-0.25, -0.2) is 0 Å². The molecule has 1 aromatic rings. The average Bonchev–Trinajstić information content (AvgIpc) is 2.30. The van der Waals surface area contributed by atoms with E-state index in [0.717, 1.165) is 6.42 Å². The van der Waals surface area contributed by atoms with E-state index in [0.29, 0.717) is 19.1 Å². The maximum Gasteiger partial charge on any atom is 0.0602 e. The van der Waals surface area contributed by atoms with Gasteiger partial charge in [-0.2, -0.15) is 0 Å². The molecule has 0 unspecified atom stereocenters. The first kappa shape index (κ1) is 12.8. The first-order valence-corrected chi connectivity index (χ1v) is 5.60. The lowest BCUT2D eigenvalue weighted by molar-refractivity contribution is 0.173. The van der Waals surface area contributed by atoms with E-state index in [4.69, 9.17) is 11.5 Å². The zero-order valence-electron chi connectivity index (χ0n) is 9.76. The minimum atomic E-state index is 0.154. The Balaban J connectivity index is 2.55. The van der Waals surface area contributed by atoms with Crippen molar-refractivity contribution in [1.82, 2.24) is 4.90 Å². The van der Waals surface area contributed by atoms with Crippen molar-refractivity contribution in [2.75, 3.05) is 19.7 Å². The van der Waals surface area contributed by atoms with Gasteiger partial charge in [-0.3, -0.25) is 4.90 Å². The van der Waals surface area contributed by atoms with Crippen LogP contribution < -0.4 is 0 Å². The van der Waals surface area contributed by atoms with Crippen LogP contribution in [0.2, 0.25) is 0 Å². The van der Waals surface area contributed by atoms with Crippen LogP contribution in [0.1, 0.15) is 12.5 Å². The Bertz CT molecular complexity index is 328. The van der Waals surface area contributed by atoms with Crippen LogP contribution in [0, 0.1) is 12.3 Å². The van der Waals surface area contributed by atoms with Gasteiger partial charge >= 0.3 is 0 Å². The molecule has 86 valence electrons. The van der Waals surface area contributed by atoms with Crippen LogP contribution in [0.4, 0.5) is 0 Å². The summed E-state index contributed by atoms with van der Waals surface area (Å²) in [5, 5.41) is 8.97. The molecule has 1 aromatic carbocycles. The third-order valence-corrected chi connectivity index (χ3v) is 2.68. The van der Waals surface area contributed by atoms with Crippen LogP contribution in [0.15, 0.2) is 30.3 Å². The van der Waals surface area contributed by atoms with Crippen molar-refractivity contribution in [2.45, 2.75) is 19.4 Å². The van der Waals surface area contributed by atoms with Gasteiger partial charge in [0.2, 0.25) is 0 Å². The van der Waals surface area contributed by atoms with Crippen molar-refractivity contribution >= 4 is 0 Å². The normalized spacial score (nSPS) is 12.4. The summed E-state index contributed by atoms with van der Waals surface area (Å²) in [5.74, 6) is 2.63. The molecule has 0 radical (unpaired) electrons. The highest BCUT2D eigenvalue weighted by molar-refractivity contribution is 5.15. The van der Waals surface area contributed by atoms with E-state index in [1.165, 1.54) is 5.56 Å². The minimum Gasteiger partial charge on any atom is -0.395 e. The van der Waals surface area contributed by atoms with Crippen LogP contribution in [0.5, 0.6) is 0 Å². The molecular weight excluding hydrogens is 198 g/mol. The number of terminal acetylenes is 1. The number of rotatable bonds is 6. The van der Waals surface area contributed by atoms with Gasteiger partial charge in [0.05, 0.1) is 13.2 Å². The second kappa shape index (κ2) is 7.05. The predicted molar refractivity (Wildman–Crippen MR) is 67.1 cm³/mol. The third-order valence-electron chi connectivity index (χ3n) is 2.68. The Labute approximate surface area is 97.9 Å². The van der Waals surface area contributed by atoms with Crippen LogP contribution in [0.25, 0.3) is 0 Å². The van der Waals surface area contributed by atoms with Gasteiger partial charge in [-0.15, -0.1) is 6.42 Å². The number of aliphatic hydroxyl groups is 1. The number of benzene rings is 1. The van der Waals surface area contributed by atoms with E-state index in [9.17, 15) is 0 Å². The fraction of sp³-hybridized carbons (Fsp3) is 0.429. The summed E-state index contributed by atoms with van der Waals surface area (Å²) in [6.07, 6.45) is 6.28. The summed E-state index contributed by atoms with van der Waals surface area (Å²) in [5.41, 5.74) is 1.30. The number of hydrogen-bond acceptors (Lipinski definition) is 2. The quantitative estimate of drug-likeness (QED) is 0.731. The summed E-state index contributed by atoms with van der Waals surface area (Å²) >= 11 is 0. The summed E-state index contributed by atoms with van der Waals surface area (Å²) < 4.78 is 0. The van der Waals surface area contributed by atoms with E-state index >= 15 is 0 Å². The Morgan fingerprint density at radius 1 is 1.38 bits per heavy atom. The Morgan fingerprint density at radius 2 is 2.06 bits per heavy atom. The Morgan fingerprint density at radius 3 is 2.62 bits per heavy atom. The molecule has 2 heteroatoms. The van der Waals surface area contributed by atoms with Crippen molar-refractivity contribution in [3.8, 4) is 12.3 Å². The van der Waals surface area contributed by atoms with Gasteiger partial charge in [0.1, 0.15) is 0 Å². The van der Waals surface area contributed by atoms with E-state index < -0.39 is 0 Å². The van der Waals surface area contributed by atoms with Crippen LogP contribution in [-0.2, 0) is 6.42 Å². The first-order chi connectivity index (χ1) is 7.77. The molecule has 1 N–H and O–H groups in total. The molecular formula is C14H19NO. The molecule has 1 rings (SSSR count). The van der Waals surface area contributed by atoms with E-state index in [2.05, 4.69) is 29.9 Å². The molecule has 2 nitrogen and oxygen atoms in total. The molecule has 1 atom stereocenters. The van der Waals surface area contributed by atoms with Crippen LogP contribution in [0.3, 0.4) is 0 Å². The topological polar surface area (TPSA) is 23.5 Å². The van der Waals surface area contributed by atoms with Crippen molar-refractivity contribution in [3.05, 3.63) is 35.9 Å². The fourth-order valence-corrected chi connectivity index (χ4v) is 1.79.